The summed E-state index contributed by atoms with van der Waals surface area (Å²) in [4.78, 5) is 16.5. The Labute approximate surface area is 157 Å². The maximum absolute atomic E-state index is 12.3. The molecule has 1 N–H and O–H groups in total. The van der Waals surface area contributed by atoms with Crippen LogP contribution in [0.2, 0.25) is 0 Å². The molecule has 2 aromatic rings. The number of nitrogens with one attached hydrogen (secondary N) is 1. The average Bonchev–Trinajstić information content (AvgIpc) is 3.39. The third-order valence-electron chi connectivity index (χ3n) is 4.61. The number of aromatic nitrogens is 4. The molecule has 2 aromatic heterocycles. The summed E-state index contributed by atoms with van der Waals surface area (Å²) in [7, 11) is 0. The van der Waals surface area contributed by atoms with E-state index in [0.717, 1.165) is 29.4 Å². The lowest BCUT2D eigenvalue weighted by molar-refractivity contribution is -0.120. The zero-order chi connectivity index (χ0) is 18.7. The number of thioether (sulfide) groups is 1. The minimum Gasteiger partial charge on any atom is -0.337 e. The van der Waals surface area contributed by atoms with Crippen LogP contribution < -0.4 is 5.32 Å². The molecule has 0 unspecified atom stereocenters. The van der Waals surface area contributed by atoms with Crippen molar-refractivity contribution in [1.82, 2.24) is 25.1 Å². The minimum atomic E-state index is -0.872. The fraction of sp³-hybridized carbons (Fsp3) is 0.500. The van der Waals surface area contributed by atoms with Crippen LogP contribution in [0.5, 0.6) is 0 Å². The summed E-state index contributed by atoms with van der Waals surface area (Å²) in [6.45, 7) is 5.58. The van der Waals surface area contributed by atoms with E-state index in [1.165, 1.54) is 11.8 Å². The number of nitrogens with zero attached hydrogens (tertiary/aromatic N) is 5. The van der Waals surface area contributed by atoms with Gasteiger partial charge in [-0.3, -0.25) is 14.3 Å². The van der Waals surface area contributed by atoms with Crippen molar-refractivity contribution in [3.8, 4) is 17.5 Å². The molecular formula is C18H22N6OS. The molecule has 1 aliphatic rings. The monoisotopic (exact) mass is 370 g/mol. The molecule has 0 saturated heterocycles. The van der Waals surface area contributed by atoms with Crippen molar-refractivity contribution in [2.75, 3.05) is 5.75 Å². The van der Waals surface area contributed by atoms with E-state index >= 15 is 0 Å². The fourth-order valence-electron chi connectivity index (χ4n) is 2.49. The Hall–Kier alpha value is -2.40. The zero-order valence-corrected chi connectivity index (χ0v) is 16.0. The first-order valence-corrected chi connectivity index (χ1v) is 9.63. The average molecular weight is 370 g/mol. The van der Waals surface area contributed by atoms with Crippen molar-refractivity contribution in [2.45, 2.75) is 50.4 Å². The normalized spacial score (nSPS) is 16.1. The van der Waals surface area contributed by atoms with Gasteiger partial charge in [-0.2, -0.15) is 5.26 Å². The molecule has 0 radical (unpaired) electrons. The van der Waals surface area contributed by atoms with Crippen LogP contribution in [0.1, 0.15) is 39.7 Å². The van der Waals surface area contributed by atoms with Crippen LogP contribution in [0, 0.1) is 17.2 Å². The maximum atomic E-state index is 12.3. The van der Waals surface area contributed by atoms with Gasteiger partial charge in [0.05, 0.1) is 11.8 Å². The highest BCUT2D eigenvalue weighted by molar-refractivity contribution is 7.99. The zero-order valence-electron chi connectivity index (χ0n) is 15.1. The van der Waals surface area contributed by atoms with Crippen LogP contribution in [-0.4, -0.2) is 36.9 Å². The number of nitriles is 1. The molecule has 0 spiro atoms. The number of amides is 1. The van der Waals surface area contributed by atoms with E-state index in [2.05, 4.69) is 31.1 Å². The number of pyridine rings is 1. The van der Waals surface area contributed by atoms with Crippen molar-refractivity contribution >= 4 is 17.7 Å². The first-order chi connectivity index (χ1) is 12.4. The van der Waals surface area contributed by atoms with Crippen LogP contribution in [0.4, 0.5) is 0 Å². The van der Waals surface area contributed by atoms with Gasteiger partial charge in [0.25, 0.3) is 0 Å². The van der Waals surface area contributed by atoms with Crippen molar-refractivity contribution in [2.24, 2.45) is 5.92 Å². The Kier molecular flexibility index (Phi) is 5.28. The lowest BCUT2D eigenvalue weighted by atomic mass is 9.90. The fourth-order valence-corrected chi connectivity index (χ4v) is 3.29. The van der Waals surface area contributed by atoms with E-state index in [4.69, 9.17) is 0 Å². The quantitative estimate of drug-likeness (QED) is 0.753. The predicted octanol–water partition coefficient (Wildman–Crippen LogP) is 2.82. The Balaban J connectivity index is 1.72. The van der Waals surface area contributed by atoms with E-state index in [1.807, 2.05) is 26.0 Å². The molecule has 8 heteroatoms. The first kappa shape index (κ1) is 18.4. The van der Waals surface area contributed by atoms with Crippen LogP contribution in [0.25, 0.3) is 11.4 Å². The van der Waals surface area contributed by atoms with Crippen LogP contribution >= 0.6 is 11.8 Å². The van der Waals surface area contributed by atoms with Gasteiger partial charge in [0.2, 0.25) is 5.91 Å². The molecule has 0 aromatic carbocycles. The Morgan fingerprint density at radius 1 is 1.50 bits per heavy atom. The van der Waals surface area contributed by atoms with Crippen LogP contribution in [0.3, 0.4) is 0 Å². The number of hydrogen-bond acceptors (Lipinski definition) is 6. The summed E-state index contributed by atoms with van der Waals surface area (Å²) in [5.74, 6) is 0.823. The second kappa shape index (κ2) is 7.46. The van der Waals surface area contributed by atoms with Gasteiger partial charge in [-0.15, -0.1) is 10.2 Å². The molecule has 2 heterocycles. The van der Waals surface area contributed by atoms with E-state index in [1.54, 1.807) is 19.3 Å². The van der Waals surface area contributed by atoms with Gasteiger partial charge in [0.1, 0.15) is 5.54 Å². The van der Waals surface area contributed by atoms with Gasteiger partial charge in [0.15, 0.2) is 11.0 Å². The maximum Gasteiger partial charge on any atom is 0.231 e. The van der Waals surface area contributed by atoms with Gasteiger partial charge in [-0.05, 0) is 37.8 Å². The van der Waals surface area contributed by atoms with Crippen LogP contribution in [0.15, 0.2) is 29.7 Å². The summed E-state index contributed by atoms with van der Waals surface area (Å²) >= 11 is 1.35. The highest BCUT2D eigenvalue weighted by Gasteiger charge is 2.32. The molecule has 7 nitrogen and oxygen atoms in total. The molecule has 136 valence electrons. The molecule has 0 aliphatic heterocycles. The molecule has 1 fully saturated rings. The Morgan fingerprint density at radius 3 is 2.85 bits per heavy atom. The lowest BCUT2D eigenvalue weighted by Crippen LogP contribution is -2.49. The summed E-state index contributed by atoms with van der Waals surface area (Å²) < 4.78 is 2.10. The minimum absolute atomic E-state index is 0.0220. The molecule has 1 amide bonds. The molecule has 26 heavy (non-hydrogen) atoms. The highest BCUT2D eigenvalue weighted by Crippen LogP contribution is 2.40. The lowest BCUT2D eigenvalue weighted by Gasteiger charge is -2.27. The highest BCUT2D eigenvalue weighted by atomic mass is 32.2. The summed E-state index contributed by atoms with van der Waals surface area (Å²) in [5, 5.41) is 21.5. The number of hydrogen-bond donors (Lipinski definition) is 1. The smallest absolute Gasteiger partial charge is 0.231 e. The van der Waals surface area contributed by atoms with Crippen molar-refractivity contribution in [3.05, 3.63) is 24.5 Å². The molecular weight excluding hydrogens is 348 g/mol. The number of carbonyl (C=O) groups excluding carboxylic acids is 1. The van der Waals surface area contributed by atoms with E-state index in [9.17, 15) is 10.1 Å². The third kappa shape index (κ3) is 3.88. The van der Waals surface area contributed by atoms with Gasteiger partial charge >= 0.3 is 0 Å². The second-order valence-corrected chi connectivity index (χ2v) is 7.90. The molecule has 1 atom stereocenters. The van der Waals surface area contributed by atoms with Crippen molar-refractivity contribution < 1.29 is 4.79 Å². The second-order valence-electron chi connectivity index (χ2n) is 6.95. The Morgan fingerprint density at radius 2 is 2.27 bits per heavy atom. The molecule has 3 rings (SSSR count). The van der Waals surface area contributed by atoms with E-state index < -0.39 is 5.54 Å². The SMILES string of the molecule is CC(C)[C@@](C)(C#N)NC(=O)CSc1nnc(-c2cccnc2)n1C1CC1. The van der Waals surface area contributed by atoms with Gasteiger partial charge in [-0.25, -0.2) is 0 Å². The largest absolute Gasteiger partial charge is 0.337 e. The standard InChI is InChI=1S/C18H22N6OS/c1-12(2)18(3,11-19)21-15(25)10-26-17-23-22-16(24(17)14-6-7-14)13-5-4-8-20-9-13/h4-5,8-9,12,14H,6-7,10H2,1-3H3,(H,21,25)/t18-/m1/s1. The topological polar surface area (TPSA) is 96.5 Å². The molecule has 0 bridgehead atoms. The van der Waals surface area contributed by atoms with Crippen molar-refractivity contribution in [1.29, 1.82) is 5.26 Å². The van der Waals surface area contributed by atoms with Gasteiger partial charge in [0, 0.05) is 24.0 Å². The van der Waals surface area contributed by atoms with Crippen LogP contribution in [-0.2, 0) is 4.79 Å². The van der Waals surface area contributed by atoms with Gasteiger partial charge < -0.3 is 5.32 Å². The van der Waals surface area contributed by atoms with Crippen molar-refractivity contribution in [3.63, 3.8) is 0 Å². The summed E-state index contributed by atoms with van der Waals surface area (Å²) in [5.41, 5.74) is 0.0444. The van der Waals surface area contributed by atoms with E-state index in [0.29, 0.717) is 6.04 Å². The molecule has 1 aliphatic carbocycles. The Bertz CT molecular complexity index is 824. The first-order valence-electron chi connectivity index (χ1n) is 8.65. The summed E-state index contributed by atoms with van der Waals surface area (Å²) in [6.07, 6.45) is 5.67. The molecule has 1 saturated carbocycles. The van der Waals surface area contributed by atoms with Gasteiger partial charge in [-0.1, -0.05) is 25.6 Å². The van der Waals surface area contributed by atoms with E-state index in [-0.39, 0.29) is 17.6 Å². The predicted molar refractivity (Wildman–Crippen MR) is 99.2 cm³/mol. The number of rotatable bonds is 7. The number of carbonyl (C=O) groups is 1. The third-order valence-corrected chi connectivity index (χ3v) is 5.56. The summed E-state index contributed by atoms with van der Waals surface area (Å²) in [6, 6.07) is 6.40.